The molecule has 2 aliphatic heterocycles. The van der Waals surface area contributed by atoms with Crippen LogP contribution in [0.1, 0.15) is 12.5 Å². The van der Waals surface area contributed by atoms with Crippen molar-refractivity contribution in [1.29, 1.82) is 0 Å². The van der Waals surface area contributed by atoms with Gasteiger partial charge in [-0.25, -0.2) is 4.79 Å². The average molecular weight is 417 g/mol. The van der Waals surface area contributed by atoms with Crippen LogP contribution in [0.25, 0.3) is 5.69 Å². The Bertz CT molecular complexity index is 894. The lowest BCUT2D eigenvalue weighted by molar-refractivity contribution is -0.126. The van der Waals surface area contributed by atoms with E-state index in [0.29, 0.717) is 31.5 Å². The number of ether oxygens (including phenoxy) is 1. The molecule has 3 amide bonds. The van der Waals surface area contributed by atoms with E-state index in [-0.39, 0.29) is 11.9 Å². The Labute approximate surface area is 173 Å². The molecule has 0 unspecified atom stereocenters. The number of anilines is 1. The Kier molecular flexibility index (Phi) is 5.72. The van der Waals surface area contributed by atoms with Gasteiger partial charge in [0.25, 0.3) is 0 Å². The van der Waals surface area contributed by atoms with E-state index in [1.807, 2.05) is 35.8 Å². The lowest BCUT2D eigenvalue weighted by Gasteiger charge is -2.28. The standard InChI is InChI=1S/C19H24N6O3S/c1-13-3-5-15(6-4-13)25-17(23-9-11-28-12-10-23)21-22-19(25)29-14(2)16(26)24-8-7-20-18(24)27/h3-6,14H,7-12H2,1-2H3,(H,20,27)/t14-/m1/s1. The van der Waals surface area contributed by atoms with Crippen LogP contribution in [0.5, 0.6) is 0 Å². The van der Waals surface area contributed by atoms with Crippen LogP contribution in [-0.4, -0.2) is 76.2 Å². The smallest absolute Gasteiger partial charge is 0.324 e. The second kappa shape index (κ2) is 8.42. The number of rotatable bonds is 5. The van der Waals surface area contributed by atoms with Gasteiger partial charge in [-0.2, -0.15) is 0 Å². The van der Waals surface area contributed by atoms with Crippen molar-refractivity contribution in [1.82, 2.24) is 25.0 Å². The molecule has 0 aliphatic carbocycles. The number of hydrogen-bond acceptors (Lipinski definition) is 7. The number of amides is 3. The number of nitrogens with one attached hydrogen (secondary N) is 1. The topological polar surface area (TPSA) is 92.6 Å². The molecule has 10 heteroatoms. The van der Waals surface area contributed by atoms with Gasteiger partial charge >= 0.3 is 6.03 Å². The third-order valence-corrected chi connectivity index (χ3v) is 5.99. The molecular weight excluding hydrogens is 392 g/mol. The number of imide groups is 1. The summed E-state index contributed by atoms with van der Waals surface area (Å²) in [5.74, 6) is 0.509. The van der Waals surface area contributed by atoms with Crippen LogP contribution in [0.4, 0.5) is 10.7 Å². The lowest BCUT2D eigenvalue weighted by Crippen LogP contribution is -2.39. The fraction of sp³-hybridized carbons (Fsp3) is 0.474. The van der Waals surface area contributed by atoms with Gasteiger partial charge in [-0.05, 0) is 26.0 Å². The highest BCUT2D eigenvalue weighted by Crippen LogP contribution is 2.30. The van der Waals surface area contributed by atoms with Gasteiger partial charge in [0.15, 0.2) is 5.16 Å². The molecule has 4 rings (SSSR count). The predicted octanol–water partition coefficient (Wildman–Crippen LogP) is 1.44. The van der Waals surface area contributed by atoms with Gasteiger partial charge in [-0.1, -0.05) is 29.5 Å². The van der Waals surface area contributed by atoms with E-state index in [2.05, 4.69) is 20.4 Å². The van der Waals surface area contributed by atoms with Gasteiger partial charge < -0.3 is 15.0 Å². The fourth-order valence-electron chi connectivity index (χ4n) is 3.34. The molecule has 9 nitrogen and oxygen atoms in total. The maximum Gasteiger partial charge on any atom is 0.324 e. The van der Waals surface area contributed by atoms with Crippen molar-refractivity contribution in [2.24, 2.45) is 0 Å². The molecule has 2 saturated heterocycles. The Morgan fingerprint density at radius 3 is 2.55 bits per heavy atom. The first-order chi connectivity index (χ1) is 14.0. The first-order valence-electron chi connectivity index (χ1n) is 9.65. The van der Waals surface area contributed by atoms with Crippen molar-refractivity contribution >= 4 is 29.6 Å². The van der Waals surface area contributed by atoms with Gasteiger partial charge in [0.1, 0.15) is 0 Å². The normalized spacial score (nSPS) is 18.1. The highest BCUT2D eigenvalue weighted by Gasteiger charge is 2.32. The van der Waals surface area contributed by atoms with Crippen molar-refractivity contribution in [2.45, 2.75) is 24.3 Å². The second-order valence-electron chi connectivity index (χ2n) is 7.03. The van der Waals surface area contributed by atoms with Crippen LogP contribution in [0, 0.1) is 6.92 Å². The number of carbonyl (C=O) groups is 2. The zero-order valence-electron chi connectivity index (χ0n) is 16.5. The number of morpholine rings is 1. The number of nitrogens with zero attached hydrogens (tertiary/aromatic N) is 5. The van der Waals surface area contributed by atoms with Crippen molar-refractivity contribution in [3.8, 4) is 5.69 Å². The molecule has 154 valence electrons. The average Bonchev–Trinajstić information content (AvgIpc) is 3.35. The molecule has 1 atom stereocenters. The minimum atomic E-state index is -0.468. The molecule has 1 aromatic heterocycles. The molecule has 1 aromatic carbocycles. The van der Waals surface area contributed by atoms with Crippen LogP contribution < -0.4 is 10.2 Å². The van der Waals surface area contributed by atoms with Crippen LogP contribution in [0.2, 0.25) is 0 Å². The van der Waals surface area contributed by atoms with Crippen molar-refractivity contribution in [2.75, 3.05) is 44.3 Å². The van der Waals surface area contributed by atoms with Crippen molar-refractivity contribution < 1.29 is 14.3 Å². The van der Waals surface area contributed by atoms with E-state index < -0.39 is 5.25 Å². The molecule has 3 heterocycles. The maximum absolute atomic E-state index is 12.7. The summed E-state index contributed by atoms with van der Waals surface area (Å²) in [6.45, 7) is 7.46. The molecule has 1 N–H and O–H groups in total. The number of carbonyl (C=O) groups excluding carboxylic acids is 2. The third-order valence-electron chi connectivity index (χ3n) is 4.96. The molecule has 0 radical (unpaired) electrons. The first-order valence-corrected chi connectivity index (χ1v) is 10.5. The molecule has 29 heavy (non-hydrogen) atoms. The molecule has 0 bridgehead atoms. The summed E-state index contributed by atoms with van der Waals surface area (Å²) >= 11 is 1.31. The van der Waals surface area contributed by atoms with Crippen LogP contribution in [-0.2, 0) is 9.53 Å². The molecule has 2 aliphatic rings. The second-order valence-corrected chi connectivity index (χ2v) is 8.34. The van der Waals surface area contributed by atoms with Crippen molar-refractivity contribution in [3.05, 3.63) is 29.8 Å². The van der Waals surface area contributed by atoms with E-state index in [1.165, 1.54) is 16.7 Å². The summed E-state index contributed by atoms with van der Waals surface area (Å²) in [5.41, 5.74) is 2.09. The molecule has 0 spiro atoms. The van der Waals surface area contributed by atoms with Gasteiger partial charge in [-0.15, -0.1) is 10.2 Å². The van der Waals surface area contributed by atoms with E-state index in [4.69, 9.17) is 4.74 Å². The van der Waals surface area contributed by atoms with Gasteiger partial charge in [-0.3, -0.25) is 14.3 Å². The molecule has 2 fully saturated rings. The minimum Gasteiger partial charge on any atom is -0.378 e. The van der Waals surface area contributed by atoms with E-state index >= 15 is 0 Å². The monoisotopic (exact) mass is 416 g/mol. The summed E-state index contributed by atoms with van der Waals surface area (Å²) in [6.07, 6.45) is 0. The molecule has 2 aromatic rings. The molecule has 0 saturated carbocycles. The van der Waals surface area contributed by atoms with Crippen LogP contribution in [0.3, 0.4) is 0 Å². The third kappa shape index (κ3) is 4.08. The van der Waals surface area contributed by atoms with Crippen LogP contribution in [0.15, 0.2) is 29.4 Å². The van der Waals surface area contributed by atoms with Crippen LogP contribution >= 0.6 is 11.8 Å². The largest absolute Gasteiger partial charge is 0.378 e. The highest BCUT2D eigenvalue weighted by molar-refractivity contribution is 8.00. The SMILES string of the molecule is Cc1ccc(-n2c(S[C@H](C)C(=O)N3CCNC3=O)nnc2N2CCOCC2)cc1. The van der Waals surface area contributed by atoms with Crippen molar-refractivity contribution in [3.63, 3.8) is 0 Å². The summed E-state index contributed by atoms with van der Waals surface area (Å²) in [5, 5.41) is 11.6. The number of thioether (sulfide) groups is 1. The Hall–Kier alpha value is -2.59. The highest BCUT2D eigenvalue weighted by atomic mass is 32.2. The lowest BCUT2D eigenvalue weighted by atomic mass is 10.2. The zero-order chi connectivity index (χ0) is 20.4. The zero-order valence-corrected chi connectivity index (χ0v) is 17.3. The summed E-state index contributed by atoms with van der Waals surface area (Å²) in [4.78, 5) is 28.0. The number of hydrogen-bond donors (Lipinski definition) is 1. The number of benzene rings is 1. The maximum atomic E-state index is 12.7. The number of urea groups is 1. The Balaban J connectivity index is 1.63. The van der Waals surface area contributed by atoms with E-state index in [1.54, 1.807) is 6.92 Å². The minimum absolute atomic E-state index is 0.226. The first kappa shape index (κ1) is 19.7. The number of aryl methyl sites for hydroxylation is 1. The summed E-state index contributed by atoms with van der Waals surface area (Å²) in [7, 11) is 0. The number of aromatic nitrogens is 3. The van der Waals surface area contributed by atoms with Gasteiger partial charge in [0.2, 0.25) is 11.9 Å². The van der Waals surface area contributed by atoms with Gasteiger partial charge in [0, 0.05) is 26.2 Å². The fourth-order valence-corrected chi connectivity index (χ4v) is 4.26. The van der Waals surface area contributed by atoms with E-state index in [0.717, 1.165) is 30.3 Å². The summed E-state index contributed by atoms with van der Waals surface area (Å²) in [6, 6.07) is 7.78. The van der Waals surface area contributed by atoms with E-state index in [9.17, 15) is 9.59 Å². The summed E-state index contributed by atoms with van der Waals surface area (Å²) < 4.78 is 7.44. The van der Waals surface area contributed by atoms with Gasteiger partial charge in [0.05, 0.1) is 24.2 Å². The Morgan fingerprint density at radius 1 is 1.17 bits per heavy atom. The Morgan fingerprint density at radius 2 is 1.90 bits per heavy atom. The quantitative estimate of drug-likeness (QED) is 0.738. The molecular formula is C19H24N6O3S. The predicted molar refractivity (Wildman–Crippen MR) is 110 cm³/mol.